The van der Waals surface area contributed by atoms with Crippen LogP contribution in [0, 0.1) is 5.41 Å². The fourth-order valence-electron chi connectivity index (χ4n) is 2.37. The van der Waals surface area contributed by atoms with Crippen LogP contribution in [0.3, 0.4) is 0 Å². The van der Waals surface area contributed by atoms with Crippen molar-refractivity contribution >= 4 is 0 Å². The minimum atomic E-state index is -0.209. The zero-order chi connectivity index (χ0) is 11.1. The molecule has 0 amide bonds. The molecule has 3 heteroatoms. The van der Waals surface area contributed by atoms with Gasteiger partial charge in [0.25, 0.3) is 0 Å². The monoisotopic (exact) mass is 207 g/mol. The van der Waals surface area contributed by atoms with Crippen molar-refractivity contribution in [2.75, 3.05) is 13.7 Å². The summed E-state index contributed by atoms with van der Waals surface area (Å²) in [5.74, 6) is 0.775. The molecule has 1 aliphatic rings. The van der Waals surface area contributed by atoms with E-state index < -0.39 is 0 Å². The maximum absolute atomic E-state index is 9.57. The number of rotatable bonds is 3. The third-order valence-electron chi connectivity index (χ3n) is 3.63. The summed E-state index contributed by atoms with van der Waals surface area (Å²) in [7, 11) is 1.64. The normalized spacial score (nSPS) is 27.5. The summed E-state index contributed by atoms with van der Waals surface area (Å²) in [6.45, 7) is 4.43. The first-order valence-corrected chi connectivity index (χ1v) is 5.18. The van der Waals surface area contributed by atoms with Gasteiger partial charge in [0, 0.05) is 11.6 Å². The average molecular weight is 207 g/mol. The molecule has 1 N–H and O–H groups in total. The third-order valence-corrected chi connectivity index (χ3v) is 3.63. The van der Waals surface area contributed by atoms with Gasteiger partial charge in [-0.05, 0) is 24.0 Å². The van der Waals surface area contributed by atoms with E-state index >= 15 is 0 Å². The number of aliphatic hydroxyl groups is 1. The Morgan fingerprint density at radius 2 is 2.20 bits per heavy atom. The Bertz CT molecular complexity index is 376. The van der Waals surface area contributed by atoms with E-state index in [2.05, 4.69) is 18.8 Å². The number of hydrogen-bond acceptors (Lipinski definition) is 3. The number of pyridine rings is 1. The van der Waals surface area contributed by atoms with Crippen LogP contribution in [0.1, 0.15) is 26.0 Å². The molecule has 2 rings (SSSR count). The molecule has 1 saturated carbocycles. The number of aromatic nitrogens is 1. The second-order valence-electron chi connectivity index (χ2n) is 4.86. The highest BCUT2D eigenvalue weighted by molar-refractivity contribution is 5.41. The first-order valence-electron chi connectivity index (χ1n) is 5.18. The minimum Gasteiger partial charge on any atom is -0.495 e. The van der Waals surface area contributed by atoms with Gasteiger partial charge < -0.3 is 9.84 Å². The van der Waals surface area contributed by atoms with Crippen LogP contribution in [-0.4, -0.2) is 23.8 Å². The lowest BCUT2D eigenvalue weighted by Crippen LogP contribution is -2.21. The number of hydrogen-bond donors (Lipinski definition) is 1. The van der Waals surface area contributed by atoms with E-state index in [1.807, 2.05) is 12.1 Å². The number of aliphatic hydroxyl groups excluding tert-OH is 1. The maximum atomic E-state index is 9.57. The molecule has 1 atom stereocenters. The van der Waals surface area contributed by atoms with Crippen molar-refractivity contribution in [2.45, 2.75) is 25.7 Å². The van der Waals surface area contributed by atoms with E-state index in [0.717, 1.165) is 17.9 Å². The van der Waals surface area contributed by atoms with E-state index in [-0.39, 0.29) is 17.4 Å². The maximum Gasteiger partial charge on any atom is 0.141 e. The molecular weight excluding hydrogens is 190 g/mol. The van der Waals surface area contributed by atoms with Crippen molar-refractivity contribution in [3.8, 4) is 5.75 Å². The molecule has 15 heavy (non-hydrogen) atoms. The van der Waals surface area contributed by atoms with Gasteiger partial charge in [0.05, 0.1) is 19.4 Å². The molecule has 0 saturated heterocycles. The number of ether oxygens (including phenoxy) is 1. The molecule has 82 valence electrons. The Kier molecular flexibility index (Phi) is 2.23. The molecule has 3 nitrogen and oxygen atoms in total. The lowest BCUT2D eigenvalue weighted by Gasteiger charge is -2.19. The lowest BCUT2D eigenvalue weighted by atomic mass is 9.92. The SMILES string of the molecule is COc1cccnc1C1(CO)CC1(C)C. The van der Waals surface area contributed by atoms with Crippen molar-refractivity contribution in [3.05, 3.63) is 24.0 Å². The zero-order valence-electron chi connectivity index (χ0n) is 9.45. The van der Waals surface area contributed by atoms with E-state index in [0.29, 0.717) is 0 Å². The van der Waals surface area contributed by atoms with E-state index in [4.69, 9.17) is 4.74 Å². The fourth-order valence-corrected chi connectivity index (χ4v) is 2.37. The van der Waals surface area contributed by atoms with E-state index in [9.17, 15) is 5.11 Å². The molecule has 0 bridgehead atoms. The minimum absolute atomic E-state index is 0.114. The smallest absolute Gasteiger partial charge is 0.141 e. The topological polar surface area (TPSA) is 42.4 Å². The predicted octanol–water partition coefficient (Wildman–Crippen LogP) is 1.75. The van der Waals surface area contributed by atoms with Crippen LogP contribution in [0.25, 0.3) is 0 Å². The predicted molar refractivity (Wildman–Crippen MR) is 58.0 cm³/mol. The second kappa shape index (κ2) is 3.20. The molecule has 1 aromatic heterocycles. The summed E-state index contributed by atoms with van der Waals surface area (Å²) < 4.78 is 5.29. The molecule has 0 radical (unpaired) electrons. The molecule has 1 aliphatic carbocycles. The van der Waals surface area contributed by atoms with Crippen LogP contribution < -0.4 is 4.74 Å². The first kappa shape index (κ1) is 10.4. The summed E-state index contributed by atoms with van der Waals surface area (Å²) in [4.78, 5) is 4.37. The third kappa shape index (κ3) is 1.34. The second-order valence-corrected chi connectivity index (χ2v) is 4.86. The Labute approximate surface area is 90.1 Å². The molecule has 1 aromatic rings. The Morgan fingerprint density at radius 1 is 1.53 bits per heavy atom. The molecule has 0 spiro atoms. The van der Waals surface area contributed by atoms with E-state index in [1.54, 1.807) is 13.3 Å². The highest BCUT2D eigenvalue weighted by Gasteiger charge is 2.63. The number of methoxy groups -OCH3 is 1. The Morgan fingerprint density at radius 3 is 2.67 bits per heavy atom. The number of nitrogens with zero attached hydrogens (tertiary/aromatic N) is 1. The van der Waals surface area contributed by atoms with Crippen molar-refractivity contribution in [2.24, 2.45) is 5.41 Å². The van der Waals surface area contributed by atoms with Gasteiger partial charge in [-0.25, -0.2) is 0 Å². The van der Waals surface area contributed by atoms with Gasteiger partial charge in [0.1, 0.15) is 5.75 Å². The van der Waals surface area contributed by atoms with Gasteiger partial charge in [-0.15, -0.1) is 0 Å². The highest BCUT2D eigenvalue weighted by Crippen LogP contribution is 2.64. The molecule has 1 heterocycles. The first-order chi connectivity index (χ1) is 7.07. The van der Waals surface area contributed by atoms with Crippen LogP contribution in [0.2, 0.25) is 0 Å². The van der Waals surface area contributed by atoms with Gasteiger partial charge >= 0.3 is 0 Å². The lowest BCUT2D eigenvalue weighted by molar-refractivity contribution is 0.224. The van der Waals surface area contributed by atoms with Crippen molar-refractivity contribution < 1.29 is 9.84 Å². The highest BCUT2D eigenvalue weighted by atomic mass is 16.5. The summed E-state index contributed by atoms with van der Waals surface area (Å²) in [6.07, 6.45) is 2.72. The molecule has 0 aliphatic heterocycles. The average Bonchev–Trinajstić information content (AvgIpc) is 2.82. The Balaban J connectivity index is 2.46. The van der Waals surface area contributed by atoms with Gasteiger partial charge in [0.2, 0.25) is 0 Å². The molecule has 1 fully saturated rings. The van der Waals surface area contributed by atoms with Gasteiger partial charge in [-0.1, -0.05) is 13.8 Å². The van der Waals surface area contributed by atoms with Crippen LogP contribution in [-0.2, 0) is 5.41 Å². The molecule has 1 unspecified atom stereocenters. The summed E-state index contributed by atoms with van der Waals surface area (Å²) >= 11 is 0. The largest absolute Gasteiger partial charge is 0.495 e. The van der Waals surface area contributed by atoms with Crippen molar-refractivity contribution in [1.82, 2.24) is 4.98 Å². The fraction of sp³-hybridized carbons (Fsp3) is 0.583. The van der Waals surface area contributed by atoms with Crippen molar-refractivity contribution in [3.63, 3.8) is 0 Å². The zero-order valence-corrected chi connectivity index (χ0v) is 9.45. The van der Waals surface area contributed by atoms with Crippen LogP contribution in [0.4, 0.5) is 0 Å². The van der Waals surface area contributed by atoms with Gasteiger partial charge in [-0.3, -0.25) is 4.98 Å². The van der Waals surface area contributed by atoms with Crippen LogP contribution in [0.5, 0.6) is 5.75 Å². The standard InChI is InChI=1S/C12H17NO2/c1-11(2)7-12(11,8-14)10-9(15-3)5-4-6-13-10/h4-6,14H,7-8H2,1-3H3. The van der Waals surface area contributed by atoms with Crippen LogP contribution in [0.15, 0.2) is 18.3 Å². The quantitative estimate of drug-likeness (QED) is 0.821. The summed E-state index contributed by atoms with van der Waals surface area (Å²) in [5, 5.41) is 9.57. The van der Waals surface area contributed by atoms with E-state index in [1.165, 1.54) is 0 Å². The van der Waals surface area contributed by atoms with Crippen molar-refractivity contribution in [1.29, 1.82) is 0 Å². The van der Waals surface area contributed by atoms with Gasteiger partial charge in [0.15, 0.2) is 0 Å². The molecule has 0 aromatic carbocycles. The van der Waals surface area contributed by atoms with Gasteiger partial charge in [-0.2, -0.15) is 0 Å². The van der Waals surface area contributed by atoms with Crippen LogP contribution >= 0.6 is 0 Å². The summed E-state index contributed by atoms with van der Waals surface area (Å²) in [6, 6.07) is 3.75. The Hall–Kier alpha value is -1.09. The summed E-state index contributed by atoms with van der Waals surface area (Å²) in [5.41, 5.74) is 0.795. The molecular formula is C12H17NO2.